The largest absolute Gasteiger partial charge is 0.264 e. The Balaban J connectivity index is 2.12. The summed E-state index contributed by atoms with van der Waals surface area (Å²) in [6.45, 7) is 0. The molecule has 25 heavy (non-hydrogen) atoms. The Morgan fingerprint density at radius 1 is 1.04 bits per heavy atom. The molecule has 5 nitrogen and oxygen atoms in total. The molecule has 2 aromatic rings. The SMILES string of the molecule is O=S1(=O)C=C[C@@H](N(c2ccc(Br)cc2)S(=O)(=O)c2ccc(F)cc2)C1. The maximum absolute atomic E-state index is 13.1. The van der Waals surface area contributed by atoms with E-state index in [0.717, 1.165) is 38.5 Å². The van der Waals surface area contributed by atoms with Crippen LogP contribution < -0.4 is 4.31 Å². The molecule has 0 amide bonds. The summed E-state index contributed by atoms with van der Waals surface area (Å²) in [6.07, 6.45) is 1.35. The summed E-state index contributed by atoms with van der Waals surface area (Å²) in [4.78, 5) is -0.116. The molecule has 0 radical (unpaired) electrons. The van der Waals surface area contributed by atoms with E-state index in [9.17, 15) is 21.2 Å². The standard InChI is InChI=1S/C16H13BrFNO4S2/c17-12-1-5-14(6-2-12)19(15-9-10-24(20,21)11-15)25(22,23)16-7-3-13(18)4-8-16/h1-10,15H,11H2/t15-/m1/s1. The van der Waals surface area contributed by atoms with Crippen molar-refractivity contribution in [3.63, 3.8) is 0 Å². The third-order valence-corrected chi connectivity index (χ3v) is 7.44. The van der Waals surface area contributed by atoms with Crippen LogP contribution in [-0.4, -0.2) is 28.6 Å². The zero-order chi connectivity index (χ0) is 18.2. The molecule has 0 bridgehead atoms. The summed E-state index contributed by atoms with van der Waals surface area (Å²) < 4.78 is 64.7. The van der Waals surface area contributed by atoms with E-state index in [2.05, 4.69) is 15.9 Å². The molecule has 1 heterocycles. The second-order valence-electron chi connectivity index (χ2n) is 5.46. The molecule has 1 aliphatic heterocycles. The van der Waals surface area contributed by atoms with Gasteiger partial charge in [-0.15, -0.1) is 0 Å². The highest BCUT2D eigenvalue weighted by atomic mass is 79.9. The number of anilines is 1. The first kappa shape index (κ1) is 18.1. The van der Waals surface area contributed by atoms with Gasteiger partial charge in [0.1, 0.15) is 5.82 Å². The number of sulfonamides is 1. The molecule has 0 unspecified atom stereocenters. The molecule has 1 atom stereocenters. The fourth-order valence-corrected chi connectivity index (χ4v) is 5.76. The number of sulfone groups is 1. The second-order valence-corrected chi connectivity index (χ2v) is 10.1. The first-order valence-electron chi connectivity index (χ1n) is 7.16. The van der Waals surface area contributed by atoms with Crippen LogP contribution in [0.15, 0.2) is 69.4 Å². The van der Waals surface area contributed by atoms with E-state index in [1.807, 2.05) is 0 Å². The van der Waals surface area contributed by atoms with Crippen molar-refractivity contribution in [3.8, 4) is 0 Å². The molecule has 0 N–H and O–H groups in total. The highest BCUT2D eigenvalue weighted by Crippen LogP contribution is 2.30. The van der Waals surface area contributed by atoms with Crippen LogP contribution in [0, 0.1) is 5.82 Å². The average molecular weight is 446 g/mol. The lowest BCUT2D eigenvalue weighted by Crippen LogP contribution is -2.41. The van der Waals surface area contributed by atoms with E-state index in [-0.39, 0.29) is 10.6 Å². The van der Waals surface area contributed by atoms with Gasteiger partial charge in [0.05, 0.1) is 22.4 Å². The first-order valence-corrected chi connectivity index (χ1v) is 11.1. The molecule has 0 aliphatic carbocycles. The predicted molar refractivity (Wildman–Crippen MR) is 96.9 cm³/mol. The van der Waals surface area contributed by atoms with Gasteiger partial charge in [-0.3, -0.25) is 4.31 Å². The molecule has 0 fully saturated rings. The van der Waals surface area contributed by atoms with Crippen LogP contribution in [0.2, 0.25) is 0 Å². The molecule has 132 valence electrons. The van der Waals surface area contributed by atoms with Crippen molar-refractivity contribution in [1.29, 1.82) is 0 Å². The highest BCUT2D eigenvalue weighted by Gasteiger charge is 2.35. The Labute approximate surface area is 153 Å². The van der Waals surface area contributed by atoms with Crippen molar-refractivity contribution in [3.05, 3.63) is 70.3 Å². The van der Waals surface area contributed by atoms with Crippen LogP contribution >= 0.6 is 15.9 Å². The van der Waals surface area contributed by atoms with Crippen molar-refractivity contribution in [2.24, 2.45) is 0 Å². The number of benzene rings is 2. The molecule has 2 aromatic carbocycles. The molecule has 0 saturated carbocycles. The van der Waals surface area contributed by atoms with Crippen molar-refractivity contribution < 1.29 is 21.2 Å². The molecular formula is C16H13BrFNO4S2. The van der Waals surface area contributed by atoms with Gasteiger partial charge in [-0.25, -0.2) is 21.2 Å². The number of hydrogen-bond acceptors (Lipinski definition) is 4. The minimum atomic E-state index is -4.08. The van der Waals surface area contributed by atoms with Gasteiger partial charge in [0.25, 0.3) is 10.0 Å². The van der Waals surface area contributed by atoms with Crippen molar-refractivity contribution >= 4 is 41.5 Å². The monoisotopic (exact) mass is 445 g/mol. The minimum Gasteiger partial charge on any atom is -0.258 e. The Morgan fingerprint density at radius 2 is 1.64 bits per heavy atom. The lowest BCUT2D eigenvalue weighted by molar-refractivity contribution is 0.585. The molecule has 0 aromatic heterocycles. The fourth-order valence-electron chi connectivity index (χ4n) is 2.52. The average Bonchev–Trinajstić information content (AvgIpc) is 2.89. The summed E-state index contributed by atoms with van der Waals surface area (Å²) in [5, 5.41) is 1.02. The van der Waals surface area contributed by atoms with E-state index in [1.165, 1.54) is 6.08 Å². The summed E-state index contributed by atoms with van der Waals surface area (Å²) in [7, 11) is -7.54. The van der Waals surface area contributed by atoms with Gasteiger partial charge in [0.15, 0.2) is 9.84 Å². The smallest absolute Gasteiger partial charge is 0.258 e. The molecule has 3 rings (SSSR count). The summed E-state index contributed by atoms with van der Waals surface area (Å²) in [5.74, 6) is -0.902. The van der Waals surface area contributed by atoms with Gasteiger partial charge < -0.3 is 0 Å². The van der Waals surface area contributed by atoms with Crippen LogP contribution in [0.1, 0.15) is 0 Å². The van der Waals surface area contributed by atoms with E-state index in [1.54, 1.807) is 24.3 Å². The maximum atomic E-state index is 13.1. The Kier molecular flexibility index (Phi) is 4.74. The number of hydrogen-bond donors (Lipinski definition) is 0. The Hall–Kier alpha value is -1.71. The topological polar surface area (TPSA) is 71.5 Å². The maximum Gasteiger partial charge on any atom is 0.264 e. The number of rotatable bonds is 4. The molecule has 9 heteroatoms. The van der Waals surface area contributed by atoms with Crippen LogP contribution in [-0.2, 0) is 19.9 Å². The van der Waals surface area contributed by atoms with Gasteiger partial charge in [0.2, 0.25) is 0 Å². The Bertz CT molecular complexity index is 1020. The van der Waals surface area contributed by atoms with Gasteiger partial charge in [-0.05, 0) is 54.6 Å². The van der Waals surface area contributed by atoms with Gasteiger partial charge in [-0.2, -0.15) is 0 Å². The highest BCUT2D eigenvalue weighted by molar-refractivity contribution is 9.10. The van der Waals surface area contributed by atoms with Crippen LogP contribution in [0.25, 0.3) is 0 Å². The zero-order valence-corrected chi connectivity index (χ0v) is 15.9. The number of halogens is 2. The fraction of sp³-hybridized carbons (Fsp3) is 0.125. The summed E-state index contributed by atoms with van der Waals surface area (Å²) in [6, 6.07) is 10.0. The predicted octanol–water partition coefficient (Wildman–Crippen LogP) is 3.09. The van der Waals surface area contributed by atoms with Crippen LogP contribution in [0.5, 0.6) is 0 Å². The normalized spacial score (nSPS) is 19.0. The van der Waals surface area contributed by atoms with Crippen LogP contribution in [0.4, 0.5) is 10.1 Å². The van der Waals surface area contributed by atoms with Crippen molar-refractivity contribution in [2.75, 3.05) is 10.1 Å². The first-order chi connectivity index (χ1) is 11.7. The molecule has 1 aliphatic rings. The quantitative estimate of drug-likeness (QED) is 0.724. The summed E-state index contributed by atoms with van der Waals surface area (Å²) >= 11 is 3.28. The van der Waals surface area contributed by atoms with Gasteiger partial charge >= 0.3 is 0 Å². The Morgan fingerprint density at radius 3 is 2.16 bits per heavy atom. The molecule has 0 spiro atoms. The van der Waals surface area contributed by atoms with Crippen LogP contribution in [0.3, 0.4) is 0 Å². The van der Waals surface area contributed by atoms with E-state index < -0.39 is 31.7 Å². The van der Waals surface area contributed by atoms with Crippen molar-refractivity contribution in [2.45, 2.75) is 10.9 Å². The van der Waals surface area contributed by atoms with Gasteiger partial charge in [0, 0.05) is 9.88 Å². The lowest BCUT2D eigenvalue weighted by atomic mass is 10.2. The van der Waals surface area contributed by atoms with Crippen molar-refractivity contribution in [1.82, 2.24) is 0 Å². The summed E-state index contributed by atoms with van der Waals surface area (Å²) in [5.41, 5.74) is 0.319. The lowest BCUT2D eigenvalue weighted by Gasteiger charge is -2.29. The van der Waals surface area contributed by atoms with E-state index in [4.69, 9.17) is 0 Å². The number of nitrogens with zero attached hydrogens (tertiary/aromatic N) is 1. The second kappa shape index (κ2) is 6.54. The van der Waals surface area contributed by atoms with E-state index in [0.29, 0.717) is 5.69 Å². The third kappa shape index (κ3) is 3.78. The molecule has 0 saturated heterocycles. The minimum absolute atomic E-state index is 0.116. The van der Waals surface area contributed by atoms with Gasteiger partial charge in [-0.1, -0.05) is 15.9 Å². The van der Waals surface area contributed by atoms with E-state index >= 15 is 0 Å². The molecular weight excluding hydrogens is 433 g/mol. The third-order valence-electron chi connectivity index (χ3n) is 3.66. The zero-order valence-electron chi connectivity index (χ0n) is 12.7.